The summed E-state index contributed by atoms with van der Waals surface area (Å²) in [6.07, 6.45) is -4.66. The number of fused-ring (bicyclic) bond motifs is 1. The van der Waals surface area contributed by atoms with Gasteiger partial charge >= 0.3 is 6.18 Å². The van der Waals surface area contributed by atoms with E-state index in [9.17, 15) is 36.3 Å². The summed E-state index contributed by atoms with van der Waals surface area (Å²) in [4.78, 5) is 41.5. The van der Waals surface area contributed by atoms with Gasteiger partial charge < -0.3 is 20.7 Å². The molecule has 2 aliphatic rings. The van der Waals surface area contributed by atoms with Crippen molar-refractivity contribution in [2.75, 3.05) is 26.2 Å². The van der Waals surface area contributed by atoms with E-state index in [-0.39, 0.29) is 43.8 Å². The molecule has 0 spiro atoms. The minimum atomic E-state index is -4.69. The smallest absolute Gasteiger partial charge is 0.374 e. The summed E-state index contributed by atoms with van der Waals surface area (Å²) in [5.41, 5.74) is 4.16. The van der Waals surface area contributed by atoms with Gasteiger partial charge in [-0.25, -0.2) is 13.8 Å². The van der Waals surface area contributed by atoms with Crippen molar-refractivity contribution in [2.24, 2.45) is 16.3 Å². The lowest BCUT2D eigenvalue weighted by Gasteiger charge is -2.41. The molecule has 14 heteroatoms. The number of hydrogen-bond acceptors (Lipinski definition) is 6. The molecule has 0 aromatic heterocycles. The first-order valence-electron chi connectivity index (χ1n) is 13.5. The van der Waals surface area contributed by atoms with E-state index in [4.69, 9.17) is 10.5 Å². The van der Waals surface area contributed by atoms with Crippen LogP contribution in [0.3, 0.4) is 0 Å². The third-order valence-corrected chi connectivity index (χ3v) is 7.23. The third kappa shape index (κ3) is 7.54. The van der Waals surface area contributed by atoms with Crippen LogP contribution < -0.4 is 11.1 Å². The van der Waals surface area contributed by atoms with Gasteiger partial charge in [0, 0.05) is 19.5 Å². The summed E-state index contributed by atoms with van der Waals surface area (Å²) in [5.74, 6) is -4.34. The maximum Gasteiger partial charge on any atom is 0.408 e. The largest absolute Gasteiger partial charge is 0.408 e. The van der Waals surface area contributed by atoms with Crippen LogP contribution in [0.25, 0.3) is 0 Å². The van der Waals surface area contributed by atoms with E-state index in [1.165, 1.54) is 24.8 Å². The highest BCUT2D eigenvalue weighted by atomic mass is 19.4. The fraction of sp³-hybridized carbons (Fsp3) is 0.448. The van der Waals surface area contributed by atoms with Crippen LogP contribution in [-0.4, -0.2) is 77.3 Å². The lowest BCUT2D eigenvalue weighted by atomic mass is 9.73. The molecular formula is C29H32F5N5O4. The summed E-state index contributed by atoms with van der Waals surface area (Å²) in [7, 11) is 0. The summed E-state index contributed by atoms with van der Waals surface area (Å²) < 4.78 is 72.4. The second-order valence-electron chi connectivity index (χ2n) is 11.3. The molecule has 9 nitrogen and oxygen atoms in total. The number of carbonyl (C=O) groups is 3. The Hall–Kier alpha value is -3.91. The van der Waals surface area contributed by atoms with Crippen LogP contribution in [0.5, 0.6) is 0 Å². The molecule has 2 atom stereocenters. The number of hydrazone groups is 1. The maximum absolute atomic E-state index is 13.8. The molecule has 2 aromatic rings. The zero-order valence-corrected chi connectivity index (χ0v) is 23.6. The number of ether oxygens (including phenoxy) is 1. The lowest BCUT2D eigenvalue weighted by molar-refractivity contribution is -0.164. The molecule has 1 saturated heterocycles. The third-order valence-electron chi connectivity index (χ3n) is 7.23. The number of likely N-dealkylation sites (tertiary alicyclic amines) is 1. The number of nitrogens with one attached hydrogen (secondary N) is 1. The Balaban J connectivity index is 1.58. The highest BCUT2D eigenvalue weighted by molar-refractivity contribution is 6.14. The van der Waals surface area contributed by atoms with Gasteiger partial charge in [-0.15, -0.1) is 0 Å². The van der Waals surface area contributed by atoms with E-state index in [2.05, 4.69) is 10.4 Å². The van der Waals surface area contributed by atoms with E-state index < -0.39 is 65.7 Å². The Bertz CT molecular complexity index is 1400. The van der Waals surface area contributed by atoms with Gasteiger partial charge in [0.15, 0.2) is 11.6 Å². The normalized spacial score (nSPS) is 19.6. The average Bonchev–Trinajstić information content (AvgIpc) is 3.18. The molecule has 0 saturated carbocycles. The van der Waals surface area contributed by atoms with Crippen molar-refractivity contribution in [3.05, 3.63) is 71.3 Å². The number of alkyl halides is 3. The predicted molar refractivity (Wildman–Crippen MR) is 145 cm³/mol. The summed E-state index contributed by atoms with van der Waals surface area (Å²) >= 11 is 0. The molecule has 1 unspecified atom stereocenters. The SMILES string of the molecule is CC(C)(N)C(=O)N[C@H](COCc1ccc(F)c(F)c1)C(=O)N1CCC2=NN(CC(F)(F)F)C(=O)C2(Cc2ccccc2)C1. The first-order chi connectivity index (χ1) is 20.1. The second-order valence-corrected chi connectivity index (χ2v) is 11.3. The predicted octanol–water partition coefficient (Wildman–Crippen LogP) is 2.93. The molecule has 0 aliphatic carbocycles. The Morgan fingerprint density at radius 3 is 2.42 bits per heavy atom. The van der Waals surface area contributed by atoms with Crippen molar-refractivity contribution in [1.82, 2.24) is 15.2 Å². The van der Waals surface area contributed by atoms with Crippen LogP contribution in [0.1, 0.15) is 31.4 Å². The standard InChI is InChI=1S/C29H32F5N5O4/c1-27(2,35)25(41)36-22(15-43-14-19-8-9-20(30)21(31)12-19)24(40)38-11-10-23-28(16-38,13-18-6-4-3-5-7-18)26(42)39(37-23)17-29(32,33)34/h3-9,12,22H,10-11,13-17,35H2,1-2H3,(H,36,41)/t22-,28?/m1/s1. The number of halogens is 5. The molecule has 2 aliphatic heterocycles. The number of carbonyl (C=O) groups excluding carboxylic acids is 3. The summed E-state index contributed by atoms with van der Waals surface area (Å²) in [6.45, 7) is 0.409. The van der Waals surface area contributed by atoms with Crippen LogP contribution in [-0.2, 0) is 32.1 Å². The average molecular weight is 610 g/mol. The Morgan fingerprint density at radius 2 is 1.79 bits per heavy atom. The molecule has 4 rings (SSSR count). The lowest BCUT2D eigenvalue weighted by Crippen LogP contribution is -2.61. The molecule has 2 heterocycles. The van der Waals surface area contributed by atoms with E-state index in [1.807, 2.05) is 0 Å². The Morgan fingerprint density at radius 1 is 1.09 bits per heavy atom. The molecule has 3 N–H and O–H groups in total. The number of nitrogens with zero attached hydrogens (tertiary/aromatic N) is 3. The molecule has 43 heavy (non-hydrogen) atoms. The van der Waals surface area contributed by atoms with Crippen molar-refractivity contribution in [3.8, 4) is 0 Å². The molecule has 3 amide bonds. The molecule has 2 aromatic carbocycles. The topological polar surface area (TPSA) is 117 Å². The highest BCUT2D eigenvalue weighted by Crippen LogP contribution is 2.40. The van der Waals surface area contributed by atoms with Crippen LogP contribution in [0.15, 0.2) is 53.6 Å². The van der Waals surface area contributed by atoms with E-state index in [0.29, 0.717) is 10.6 Å². The number of amides is 3. The molecular weight excluding hydrogens is 577 g/mol. The van der Waals surface area contributed by atoms with E-state index in [1.54, 1.807) is 30.3 Å². The monoisotopic (exact) mass is 609 g/mol. The molecule has 0 bridgehead atoms. The first-order valence-corrected chi connectivity index (χ1v) is 13.5. The van der Waals surface area contributed by atoms with Crippen molar-refractivity contribution in [2.45, 2.75) is 51.1 Å². The van der Waals surface area contributed by atoms with Gasteiger partial charge in [-0.05, 0) is 43.5 Å². The highest BCUT2D eigenvalue weighted by Gasteiger charge is 2.56. The fourth-order valence-corrected chi connectivity index (χ4v) is 5.06. The second kappa shape index (κ2) is 12.4. The van der Waals surface area contributed by atoms with E-state index in [0.717, 1.165) is 12.1 Å². The van der Waals surface area contributed by atoms with Crippen molar-refractivity contribution < 1.29 is 41.1 Å². The van der Waals surface area contributed by atoms with Gasteiger partial charge in [-0.2, -0.15) is 18.3 Å². The van der Waals surface area contributed by atoms with Crippen molar-refractivity contribution >= 4 is 23.4 Å². The minimum absolute atomic E-state index is 0.00311. The van der Waals surface area contributed by atoms with Crippen LogP contribution in [0, 0.1) is 17.0 Å². The zero-order chi connectivity index (χ0) is 31.6. The number of nitrogens with two attached hydrogens (primary N) is 1. The van der Waals surface area contributed by atoms with Crippen LogP contribution >= 0.6 is 0 Å². The summed E-state index contributed by atoms with van der Waals surface area (Å²) in [6, 6.07) is 10.5. The Kier molecular flexibility index (Phi) is 9.21. The number of rotatable bonds is 10. The quantitative estimate of drug-likeness (QED) is 0.402. The van der Waals surface area contributed by atoms with Gasteiger partial charge in [0.1, 0.15) is 18.0 Å². The number of benzene rings is 2. The fourth-order valence-electron chi connectivity index (χ4n) is 5.06. The van der Waals surface area contributed by atoms with Crippen LogP contribution in [0.4, 0.5) is 22.0 Å². The molecule has 1 fully saturated rings. The number of hydrogen-bond donors (Lipinski definition) is 2. The van der Waals surface area contributed by atoms with Crippen LogP contribution in [0.2, 0.25) is 0 Å². The van der Waals surface area contributed by atoms with Crippen molar-refractivity contribution in [1.29, 1.82) is 0 Å². The van der Waals surface area contributed by atoms with Gasteiger partial charge in [0.25, 0.3) is 5.91 Å². The van der Waals surface area contributed by atoms with Gasteiger partial charge in [-0.1, -0.05) is 36.4 Å². The first kappa shape index (κ1) is 32.0. The number of piperidine rings is 1. The summed E-state index contributed by atoms with van der Waals surface area (Å²) in [5, 5.41) is 6.99. The van der Waals surface area contributed by atoms with E-state index >= 15 is 0 Å². The molecule has 0 radical (unpaired) electrons. The van der Waals surface area contributed by atoms with Gasteiger partial charge in [0.2, 0.25) is 11.8 Å². The zero-order valence-electron chi connectivity index (χ0n) is 23.6. The van der Waals surface area contributed by atoms with Gasteiger partial charge in [0.05, 0.1) is 24.5 Å². The molecule has 232 valence electrons. The van der Waals surface area contributed by atoms with Gasteiger partial charge in [-0.3, -0.25) is 14.4 Å². The van der Waals surface area contributed by atoms with Crippen molar-refractivity contribution in [3.63, 3.8) is 0 Å². The Labute approximate surface area is 244 Å². The minimum Gasteiger partial charge on any atom is -0.374 e. The maximum atomic E-state index is 13.8.